The monoisotopic (exact) mass is 562 g/mol. The van der Waals surface area contributed by atoms with Crippen molar-refractivity contribution in [1.29, 1.82) is 0 Å². The average Bonchev–Trinajstić information content (AvgIpc) is 3.74. The number of esters is 1. The summed E-state index contributed by atoms with van der Waals surface area (Å²) in [6.07, 6.45) is 9.30. The van der Waals surface area contributed by atoms with Crippen molar-refractivity contribution in [3.63, 3.8) is 0 Å². The predicted molar refractivity (Wildman–Crippen MR) is 147 cm³/mol. The van der Waals surface area contributed by atoms with Gasteiger partial charge in [0, 0.05) is 11.6 Å². The number of hydrogen-bond acceptors (Lipinski definition) is 8. The second-order valence-electron chi connectivity index (χ2n) is 13.4. The number of rotatable bonds is 2. The van der Waals surface area contributed by atoms with Crippen LogP contribution in [0.5, 0.6) is 0 Å². The lowest BCUT2D eigenvalue weighted by molar-refractivity contribution is -0.257. The number of fused-ring (bicyclic) bond motifs is 8. The Hall–Kier alpha value is -2.56. The van der Waals surface area contributed by atoms with Gasteiger partial charge in [-0.15, -0.1) is 0 Å². The van der Waals surface area contributed by atoms with Crippen LogP contribution < -0.4 is 0 Å². The molecule has 5 fully saturated rings. The number of hydrogen-bond donors (Lipinski definition) is 1. The normalized spacial score (nSPS) is 42.5. The van der Waals surface area contributed by atoms with Crippen molar-refractivity contribution in [2.45, 2.75) is 69.9 Å². The number of ether oxygens (including phenoxy) is 5. The highest BCUT2D eigenvalue weighted by molar-refractivity contribution is 5.89. The van der Waals surface area contributed by atoms with Crippen molar-refractivity contribution in [3.8, 4) is 5.69 Å². The molecule has 2 aliphatic heterocycles. The summed E-state index contributed by atoms with van der Waals surface area (Å²) in [5.74, 6) is -0.320. The maximum absolute atomic E-state index is 12.1. The molecular weight excluding hydrogens is 524 g/mol. The van der Waals surface area contributed by atoms with Gasteiger partial charge in [0.1, 0.15) is 12.2 Å². The van der Waals surface area contributed by atoms with Gasteiger partial charge >= 0.3 is 5.97 Å². The molecule has 1 unspecified atom stereocenters. The Kier molecular flexibility index (Phi) is 5.56. The third-order valence-electron chi connectivity index (χ3n) is 11.9. The van der Waals surface area contributed by atoms with Gasteiger partial charge in [-0.1, -0.05) is 25.5 Å². The van der Waals surface area contributed by atoms with Crippen molar-refractivity contribution >= 4 is 12.0 Å². The number of methoxy groups -OCH3 is 1. The molecule has 9 nitrogen and oxygen atoms in total. The van der Waals surface area contributed by atoms with E-state index in [1.54, 1.807) is 6.07 Å². The van der Waals surface area contributed by atoms with E-state index in [1.807, 2.05) is 22.9 Å². The van der Waals surface area contributed by atoms with Gasteiger partial charge in [-0.2, -0.15) is 5.10 Å². The third kappa shape index (κ3) is 3.30. The summed E-state index contributed by atoms with van der Waals surface area (Å²) in [5, 5.41) is 17.0. The highest BCUT2D eigenvalue weighted by atomic mass is 16.9. The summed E-state index contributed by atoms with van der Waals surface area (Å²) >= 11 is 0. The molecule has 3 saturated carbocycles. The van der Waals surface area contributed by atoms with Gasteiger partial charge in [-0.3, -0.25) is 0 Å². The summed E-state index contributed by atoms with van der Waals surface area (Å²) in [6, 6.07) is 7.36. The number of benzene rings is 1. The summed E-state index contributed by atoms with van der Waals surface area (Å²) in [7, 11) is 1.39. The van der Waals surface area contributed by atoms with Crippen LogP contribution in [0.4, 0.5) is 0 Å². The number of allylic oxidation sites excluding steroid dienone is 1. The second-order valence-corrected chi connectivity index (χ2v) is 13.4. The molecule has 8 rings (SSSR count). The molecule has 1 N–H and O–H groups in total. The van der Waals surface area contributed by atoms with E-state index < -0.39 is 17.5 Å². The molecule has 0 radical (unpaired) electrons. The second kappa shape index (κ2) is 8.74. The summed E-state index contributed by atoms with van der Waals surface area (Å²) in [5.41, 5.74) is 3.82. The first-order valence-corrected chi connectivity index (χ1v) is 14.9. The summed E-state index contributed by atoms with van der Waals surface area (Å²) in [4.78, 5) is 12.1. The third-order valence-corrected chi connectivity index (χ3v) is 11.9. The molecule has 2 aromatic rings. The first kappa shape index (κ1) is 26.1. The van der Waals surface area contributed by atoms with Crippen LogP contribution in [0.1, 0.15) is 67.6 Å². The molecule has 0 amide bonds. The van der Waals surface area contributed by atoms with Crippen molar-refractivity contribution in [2.24, 2.45) is 28.6 Å². The zero-order valence-electron chi connectivity index (χ0n) is 23.9. The van der Waals surface area contributed by atoms with E-state index in [2.05, 4.69) is 26.1 Å². The molecule has 6 aliphatic rings. The Morgan fingerprint density at radius 3 is 2.83 bits per heavy atom. The van der Waals surface area contributed by atoms with E-state index in [9.17, 15) is 9.90 Å². The standard InChI is InChI=1S/C32H38N2O7/c1-29-13-20-15-34(22-6-4-5-19(11-22)28(36)37-3)33-25(20)12-21(29)7-8-23-24-9-10-31(30(24,2)14-26(35)27(23)29)32(41-18-39-31)16-38-17-40-32/h4-6,11-12,15,23-24,26-27,35H,7-10,13-14,16-18H2,1-3H3/t23-,24-,26-,27+,29-,30-,31+,32?/m0/s1. The number of nitrogens with zero attached hydrogens (tertiary/aromatic N) is 2. The highest BCUT2D eigenvalue weighted by Crippen LogP contribution is 2.71. The van der Waals surface area contributed by atoms with Crippen LogP contribution in [-0.4, -0.2) is 65.7 Å². The van der Waals surface area contributed by atoms with Crippen LogP contribution in [0.15, 0.2) is 36.0 Å². The molecule has 2 spiro atoms. The molecule has 4 aliphatic carbocycles. The maximum Gasteiger partial charge on any atom is 0.337 e. The predicted octanol–water partition coefficient (Wildman–Crippen LogP) is 4.26. The zero-order valence-corrected chi connectivity index (χ0v) is 23.9. The maximum atomic E-state index is 12.1. The smallest absolute Gasteiger partial charge is 0.337 e. The van der Waals surface area contributed by atoms with Gasteiger partial charge < -0.3 is 28.8 Å². The first-order chi connectivity index (χ1) is 19.7. The lowest BCUT2D eigenvalue weighted by atomic mass is 9.45. The van der Waals surface area contributed by atoms with E-state index in [4.69, 9.17) is 28.8 Å². The molecule has 1 aromatic heterocycles. The number of aliphatic hydroxyl groups is 1. The van der Waals surface area contributed by atoms with Crippen molar-refractivity contribution in [3.05, 3.63) is 52.9 Å². The minimum atomic E-state index is -0.883. The van der Waals surface area contributed by atoms with Crippen LogP contribution in [0, 0.1) is 28.6 Å². The first-order valence-electron chi connectivity index (χ1n) is 14.9. The van der Waals surface area contributed by atoms with Gasteiger partial charge in [-0.05, 0) is 91.5 Å². The fourth-order valence-corrected chi connectivity index (χ4v) is 10.2. The molecule has 218 valence electrons. The molecule has 41 heavy (non-hydrogen) atoms. The van der Waals surface area contributed by atoms with Crippen LogP contribution in [0.25, 0.3) is 11.8 Å². The van der Waals surface area contributed by atoms with E-state index in [1.165, 1.54) is 18.2 Å². The summed E-state index contributed by atoms with van der Waals surface area (Å²) in [6.45, 7) is 5.46. The quantitative estimate of drug-likeness (QED) is 0.542. The lowest BCUT2D eigenvalue weighted by Crippen LogP contribution is -2.66. The number of carbonyl (C=O) groups is 1. The lowest BCUT2D eigenvalue weighted by Gasteiger charge is -2.61. The van der Waals surface area contributed by atoms with Crippen LogP contribution in [-0.2, 0) is 30.1 Å². The molecule has 9 heteroatoms. The largest absolute Gasteiger partial charge is 0.465 e. The molecule has 0 bridgehead atoms. The minimum Gasteiger partial charge on any atom is -0.465 e. The number of aromatic nitrogens is 2. The van der Waals surface area contributed by atoms with Crippen molar-refractivity contribution < 1.29 is 33.6 Å². The highest BCUT2D eigenvalue weighted by Gasteiger charge is 2.76. The van der Waals surface area contributed by atoms with Crippen LogP contribution in [0.2, 0.25) is 0 Å². The molecule has 8 atom stereocenters. The Labute approximate surface area is 239 Å². The van der Waals surface area contributed by atoms with E-state index in [0.717, 1.165) is 43.5 Å². The fraction of sp³-hybridized carbons (Fsp3) is 0.625. The van der Waals surface area contributed by atoms with Gasteiger partial charge in [0.15, 0.2) is 13.6 Å². The van der Waals surface area contributed by atoms with E-state index in [-0.39, 0.29) is 36.3 Å². The average molecular weight is 563 g/mol. The number of aliphatic hydroxyl groups excluding tert-OH is 1. The van der Waals surface area contributed by atoms with E-state index >= 15 is 0 Å². The van der Waals surface area contributed by atoms with Gasteiger partial charge in [0.25, 0.3) is 0 Å². The molecule has 2 saturated heterocycles. The number of carbonyl (C=O) groups excluding carboxylic acids is 1. The zero-order chi connectivity index (χ0) is 28.2. The Balaban J connectivity index is 1.12. The van der Waals surface area contributed by atoms with Gasteiger partial charge in [0.05, 0.1) is 30.2 Å². The van der Waals surface area contributed by atoms with Crippen LogP contribution >= 0.6 is 0 Å². The molecular formula is C32H38N2O7. The van der Waals surface area contributed by atoms with Gasteiger partial charge in [-0.25, -0.2) is 9.48 Å². The van der Waals surface area contributed by atoms with E-state index in [0.29, 0.717) is 30.4 Å². The Morgan fingerprint density at radius 2 is 2.02 bits per heavy atom. The Morgan fingerprint density at radius 1 is 1.17 bits per heavy atom. The van der Waals surface area contributed by atoms with Crippen molar-refractivity contribution in [1.82, 2.24) is 9.78 Å². The fourth-order valence-electron chi connectivity index (χ4n) is 10.2. The van der Waals surface area contributed by atoms with Crippen LogP contribution in [0.3, 0.4) is 0 Å². The Bertz CT molecular complexity index is 1440. The minimum absolute atomic E-state index is 0.147. The topological polar surface area (TPSA) is 101 Å². The summed E-state index contributed by atoms with van der Waals surface area (Å²) < 4.78 is 31.2. The SMILES string of the molecule is COC(=O)c1cccc(-n2cc3c(n2)C=C2CC[C@@H]4[C@H]([C@@H](O)C[C@@]5(C)[C@H]4CC[C@@]54OCOC45COCO5)[C@@]2(C)C3)c1. The van der Waals surface area contributed by atoms with Crippen molar-refractivity contribution in [2.75, 3.05) is 27.3 Å². The van der Waals surface area contributed by atoms with Gasteiger partial charge in [0.2, 0.25) is 5.79 Å². The molecule has 3 heterocycles. The molecule has 1 aromatic carbocycles.